The molecule has 2 aliphatic carbocycles. The van der Waals surface area contributed by atoms with Crippen molar-refractivity contribution in [1.29, 1.82) is 0 Å². The SMILES string of the molecule is CC(NC(=O)NC1CC1)C(=O)NC1CC1. The number of hydrogen-bond donors (Lipinski definition) is 3. The Morgan fingerprint density at radius 3 is 2.13 bits per heavy atom. The Morgan fingerprint density at radius 1 is 1.07 bits per heavy atom. The molecule has 15 heavy (non-hydrogen) atoms. The first-order valence-electron chi connectivity index (χ1n) is 5.52. The summed E-state index contributed by atoms with van der Waals surface area (Å²) < 4.78 is 0. The first-order valence-corrected chi connectivity index (χ1v) is 5.52. The number of rotatable bonds is 4. The summed E-state index contributed by atoms with van der Waals surface area (Å²) in [7, 11) is 0. The number of amides is 3. The van der Waals surface area contributed by atoms with Gasteiger partial charge in [-0.2, -0.15) is 0 Å². The minimum atomic E-state index is -0.454. The topological polar surface area (TPSA) is 70.2 Å². The molecule has 1 atom stereocenters. The highest BCUT2D eigenvalue weighted by Gasteiger charge is 2.27. The van der Waals surface area contributed by atoms with E-state index in [-0.39, 0.29) is 11.9 Å². The third-order valence-electron chi connectivity index (χ3n) is 2.58. The Bertz CT molecular complexity index is 272. The van der Waals surface area contributed by atoms with Crippen LogP contribution in [0.5, 0.6) is 0 Å². The molecule has 5 heteroatoms. The fraction of sp³-hybridized carbons (Fsp3) is 0.800. The van der Waals surface area contributed by atoms with Gasteiger partial charge < -0.3 is 16.0 Å². The van der Waals surface area contributed by atoms with E-state index in [9.17, 15) is 9.59 Å². The number of carbonyl (C=O) groups excluding carboxylic acids is 2. The van der Waals surface area contributed by atoms with Crippen LogP contribution in [0.2, 0.25) is 0 Å². The predicted octanol–water partition coefficient (Wildman–Crippen LogP) is 0.115. The van der Waals surface area contributed by atoms with Crippen LogP contribution in [0.4, 0.5) is 4.79 Å². The molecule has 0 bridgehead atoms. The Kier molecular flexibility index (Phi) is 2.79. The number of carbonyl (C=O) groups is 2. The molecule has 0 aliphatic heterocycles. The lowest BCUT2D eigenvalue weighted by molar-refractivity contribution is -0.122. The van der Waals surface area contributed by atoms with Crippen LogP contribution >= 0.6 is 0 Å². The highest BCUT2D eigenvalue weighted by Crippen LogP contribution is 2.19. The van der Waals surface area contributed by atoms with Crippen LogP contribution in [0.1, 0.15) is 32.6 Å². The largest absolute Gasteiger partial charge is 0.352 e. The summed E-state index contributed by atoms with van der Waals surface area (Å²) in [5, 5.41) is 8.25. The van der Waals surface area contributed by atoms with Gasteiger partial charge in [0.25, 0.3) is 0 Å². The van der Waals surface area contributed by atoms with E-state index >= 15 is 0 Å². The molecule has 2 fully saturated rings. The Balaban J connectivity index is 1.66. The van der Waals surface area contributed by atoms with Gasteiger partial charge in [0.2, 0.25) is 5.91 Å². The van der Waals surface area contributed by atoms with Crippen molar-refractivity contribution in [1.82, 2.24) is 16.0 Å². The van der Waals surface area contributed by atoms with E-state index < -0.39 is 6.04 Å². The number of hydrogen-bond acceptors (Lipinski definition) is 2. The normalized spacial score (nSPS) is 21.7. The molecule has 0 radical (unpaired) electrons. The molecule has 0 spiro atoms. The van der Waals surface area contributed by atoms with E-state index in [4.69, 9.17) is 0 Å². The summed E-state index contributed by atoms with van der Waals surface area (Å²) in [6.07, 6.45) is 4.23. The quantitative estimate of drug-likeness (QED) is 0.618. The molecule has 3 N–H and O–H groups in total. The van der Waals surface area contributed by atoms with Crippen LogP contribution in [-0.2, 0) is 4.79 Å². The van der Waals surface area contributed by atoms with Crippen molar-refractivity contribution >= 4 is 11.9 Å². The molecule has 2 saturated carbocycles. The highest BCUT2D eigenvalue weighted by molar-refractivity contribution is 5.87. The van der Waals surface area contributed by atoms with Gasteiger partial charge in [0.15, 0.2) is 0 Å². The molecule has 0 saturated heterocycles. The van der Waals surface area contributed by atoms with Gasteiger partial charge in [-0.3, -0.25) is 4.79 Å². The average molecular weight is 211 g/mol. The molecule has 3 amide bonds. The second kappa shape index (κ2) is 4.08. The summed E-state index contributed by atoms with van der Waals surface area (Å²) in [4.78, 5) is 22.8. The summed E-state index contributed by atoms with van der Waals surface area (Å²) in [5.74, 6) is -0.0940. The first kappa shape index (κ1) is 10.3. The lowest BCUT2D eigenvalue weighted by atomic mass is 10.3. The van der Waals surface area contributed by atoms with Crippen molar-refractivity contribution in [3.8, 4) is 0 Å². The minimum absolute atomic E-state index is 0.0940. The smallest absolute Gasteiger partial charge is 0.315 e. The van der Waals surface area contributed by atoms with Crippen molar-refractivity contribution in [3.63, 3.8) is 0 Å². The predicted molar refractivity (Wildman–Crippen MR) is 55.3 cm³/mol. The van der Waals surface area contributed by atoms with Gasteiger partial charge in [0.1, 0.15) is 6.04 Å². The third kappa shape index (κ3) is 3.42. The van der Waals surface area contributed by atoms with E-state index in [2.05, 4.69) is 16.0 Å². The molecular formula is C10H17N3O2. The molecule has 0 aromatic carbocycles. The molecule has 2 aliphatic rings. The summed E-state index contributed by atoms with van der Waals surface area (Å²) >= 11 is 0. The van der Waals surface area contributed by atoms with Crippen LogP contribution in [-0.4, -0.2) is 30.1 Å². The summed E-state index contributed by atoms with van der Waals surface area (Å²) in [6.45, 7) is 1.70. The van der Waals surface area contributed by atoms with Gasteiger partial charge in [0.05, 0.1) is 0 Å². The molecule has 84 valence electrons. The van der Waals surface area contributed by atoms with E-state index in [0.29, 0.717) is 12.1 Å². The second-order valence-corrected chi connectivity index (χ2v) is 4.40. The molecule has 0 aromatic heterocycles. The zero-order valence-electron chi connectivity index (χ0n) is 8.88. The number of nitrogens with one attached hydrogen (secondary N) is 3. The maximum Gasteiger partial charge on any atom is 0.315 e. The Morgan fingerprint density at radius 2 is 1.60 bits per heavy atom. The van der Waals surface area contributed by atoms with Crippen LogP contribution in [0.3, 0.4) is 0 Å². The van der Waals surface area contributed by atoms with Crippen LogP contribution in [0, 0.1) is 0 Å². The van der Waals surface area contributed by atoms with E-state index in [1.165, 1.54) is 0 Å². The fourth-order valence-electron chi connectivity index (χ4n) is 1.27. The van der Waals surface area contributed by atoms with Gasteiger partial charge in [-0.1, -0.05) is 0 Å². The Labute approximate surface area is 89.0 Å². The lowest BCUT2D eigenvalue weighted by Crippen LogP contribution is -2.49. The van der Waals surface area contributed by atoms with Gasteiger partial charge in [0, 0.05) is 12.1 Å². The summed E-state index contributed by atoms with van der Waals surface area (Å²) in [6, 6.07) is -0.0303. The average Bonchev–Trinajstić information content (AvgIpc) is 2.98. The molecule has 1 unspecified atom stereocenters. The molecule has 0 heterocycles. The minimum Gasteiger partial charge on any atom is -0.352 e. The maximum atomic E-state index is 11.5. The number of urea groups is 1. The lowest BCUT2D eigenvalue weighted by Gasteiger charge is -2.14. The van der Waals surface area contributed by atoms with Crippen LogP contribution in [0.25, 0.3) is 0 Å². The van der Waals surface area contributed by atoms with E-state index in [1.54, 1.807) is 6.92 Å². The molecular weight excluding hydrogens is 194 g/mol. The van der Waals surface area contributed by atoms with Gasteiger partial charge in [-0.05, 0) is 32.6 Å². The first-order chi connectivity index (χ1) is 7.15. The standard InChI is InChI=1S/C10H17N3O2/c1-6(9(14)12-7-2-3-7)11-10(15)13-8-4-5-8/h6-8H,2-5H2,1H3,(H,12,14)(H2,11,13,15). The molecule has 2 rings (SSSR count). The van der Waals surface area contributed by atoms with Gasteiger partial charge >= 0.3 is 6.03 Å². The maximum absolute atomic E-state index is 11.5. The molecule has 0 aromatic rings. The van der Waals surface area contributed by atoms with Crippen molar-refractivity contribution in [2.45, 2.75) is 50.7 Å². The van der Waals surface area contributed by atoms with Crippen molar-refractivity contribution in [2.24, 2.45) is 0 Å². The van der Waals surface area contributed by atoms with Crippen LogP contribution in [0.15, 0.2) is 0 Å². The van der Waals surface area contributed by atoms with E-state index in [0.717, 1.165) is 25.7 Å². The zero-order chi connectivity index (χ0) is 10.8. The summed E-state index contributed by atoms with van der Waals surface area (Å²) in [5.41, 5.74) is 0. The fourth-order valence-corrected chi connectivity index (χ4v) is 1.27. The molecule has 5 nitrogen and oxygen atoms in total. The van der Waals surface area contributed by atoms with Gasteiger partial charge in [-0.15, -0.1) is 0 Å². The van der Waals surface area contributed by atoms with E-state index in [1.807, 2.05) is 0 Å². The van der Waals surface area contributed by atoms with Crippen molar-refractivity contribution in [2.75, 3.05) is 0 Å². The Hall–Kier alpha value is -1.26. The highest BCUT2D eigenvalue weighted by atomic mass is 16.2. The monoisotopic (exact) mass is 211 g/mol. The van der Waals surface area contributed by atoms with Crippen LogP contribution < -0.4 is 16.0 Å². The third-order valence-corrected chi connectivity index (χ3v) is 2.58. The van der Waals surface area contributed by atoms with Gasteiger partial charge in [-0.25, -0.2) is 4.79 Å². The van der Waals surface area contributed by atoms with Crippen molar-refractivity contribution < 1.29 is 9.59 Å². The van der Waals surface area contributed by atoms with Crippen molar-refractivity contribution in [3.05, 3.63) is 0 Å². The second-order valence-electron chi connectivity index (χ2n) is 4.40. The zero-order valence-corrected chi connectivity index (χ0v) is 8.88.